The lowest BCUT2D eigenvalue weighted by Crippen LogP contribution is -2.53. The highest BCUT2D eigenvalue weighted by Gasteiger charge is 2.44. The van der Waals surface area contributed by atoms with Gasteiger partial charge in [0.05, 0.1) is 24.5 Å². The van der Waals surface area contributed by atoms with Gasteiger partial charge in [-0.25, -0.2) is 8.42 Å². The van der Waals surface area contributed by atoms with E-state index >= 15 is 0 Å². The first-order chi connectivity index (χ1) is 7.95. The van der Waals surface area contributed by atoms with E-state index in [1.165, 1.54) is 0 Å². The lowest BCUT2D eigenvalue weighted by atomic mass is 10.1. The third-order valence-corrected chi connectivity index (χ3v) is 5.55. The predicted octanol–water partition coefficient (Wildman–Crippen LogP) is 0.130. The van der Waals surface area contributed by atoms with Crippen LogP contribution in [-0.4, -0.2) is 67.8 Å². The molecule has 100 valence electrons. The van der Waals surface area contributed by atoms with E-state index in [1.54, 1.807) is 11.2 Å². The molecule has 0 radical (unpaired) electrons. The summed E-state index contributed by atoms with van der Waals surface area (Å²) in [5.41, 5.74) is 0. The fraction of sp³-hybridized carbons (Fsp3) is 1.00. The summed E-state index contributed by atoms with van der Waals surface area (Å²) in [5.74, 6) is 0.175. The molecule has 0 bridgehead atoms. The maximum Gasteiger partial charge on any atom is 0.213 e. The zero-order valence-electron chi connectivity index (χ0n) is 10.8. The molecule has 0 aliphatic carbocycles. The molecule has 0 unspecified atom stereocenters. The predicted molar refractivity (Wildman–Crippen MR) is 66.4 cm³/mol. The number of rotatable bonds is 3. The van der Waals surface area contributed by atoms with Crippen molar-refractivity contribution < 1.29 is 13.2 Å². The summed E-state index contributed by atoms with van der Waals surface area (Å²) in [6.07, 6.45) is 0.0486. The molecule has 5 nitrogen and oxygen atoms in total. The lowest BCUT2D eigenvalue weighted by Gasteiger charge is -2.39. The number of hydrogen-bond donors (Lipinski definition) is 0. The van der Waals surface area contributed by atoms with Gasteiger partial charge in [-0.1, -0.05) is 0 Å². The van der Waals surface area contributed by atoms with Gasteiger partial charge < -0.3 is 4.74 Å². The molecule has 0 aromatic carbocycles. The van der Waals surface area contributed by atoms with E-state index in [-0.39, 0.29) is 17.9 Å². The van der Waals surface area contributed by atoms with E-state index in [0.29, 0.717) is 25.7 Å². The van der Waals surface area contributed by atoms with Gasteiger partial charge in [0, 0.05) is 25.7 Å². The third-order valence-electron chi connectivity index (χ3n) is 3.73. The molecule has 2 rings (SSSR count). The molecule has 0 N–H and O–H groups in total. The van der Waals surface area contributed by atoms with Crippen LogP contribution in [0.4, 0.5) is 0 Å². The Kier molecular flexibility index (Phi) is 3.77. The van der Waals surface area contributed by atoms with Crippen LogP contribution in [0.3, 0.4) is 0 Å². The van der Waals surface area contributed by atoms with Crippen molar-refractivity contribution in [3.63, 3.8) is 0 Å². The Hall–Kier alpha value is -0.170. The molecule has 0 amide bonds. The first kappa shape index (κ1) is 13.3. The summed E-state index contributed by atoms with van der Waals surface area (Å²) in [5, 5.41) is 0. The van der Waals surface area contributed by atoms with Crippen LogP contribution in [-0.2, 0) is 14.8 Å². The van der Waals surface area contributed by atoms with Gasteiger partial charge in [-0.2, -0.15) is 4.31 Å². The van der Waals surface area contributed by atoms with Gasteiger partial charge >= 0.3 is 0 Å². The molecule has 0 spiro atoms. The summed E-state index contributed by atoms with van der Waals surface area (Å²) in [7, 11) is -3.08. The number of fused-ring (bicyclic) bond motifs is 1. The van der Waals surface area contributed by atoms with E-state index in [0.717, 1.165) is 6.54 Å². The molecule has 0 saturated carbocycles. The number of sulfonamides is 1. The summed E-state index contributed by atoms with van der Waals surface area (Å²) < 4.78 is 31.0. The van der Waals surface area contributed by atoms with Crippen molar-refractivity contribution in [1.82, 2.24) is 9.21 Å². The SMILES string of the molecule is CCS(=O)(=O)N1C[C@@H]2OCCN(C(C)C)[C@@H]2C1. The van der Waals surface area contributed by atoms with Crippen molar-refractivity contribution in [2.24, 2.45) is 0 Å². The van der Waals surface area contributed by atoms with Gasteiger partial charge in [0.25, 0.3) is 0 Å². The molecule has 6 heteroatoms. The zero-order valence-corrected chi connectivity index (χ0v) is 11.6. The normalized spacial score (nSPS) is 32.0. The van der Waals surface area contributed by atoms with Crippen molar-refractivity contribution >= 4 is 10.0 Å². The van der Waals surface area contributed by atoms with Crippen LogP contribution in [0.1, 0.15) is 20.8 Å². The van der Waals surface area contributed by atoms with Crippen LogP contribution in [0.15, 0.2) is 0 Å². The number of nitrogens with zero attached hydrogens (tertiary/aromatic N) is 2. The minimum Gasteiger partial charge on any atom is -0.374 e. The first-order valence-corrected chi connectivity index (χ1v) is 7.91. The topological polar surface area (TPSA) is 49.9 Å². The summed E-state index contributed by atoms with van der Waals surface area (Å²) >= 11 is 0. The van der Waals surface area contributed by atoms with Gasteiger partial charge in [0.1, 0.15) is 0 Å². The third kappa shape index (κ3) is 2.50. The van der Waals surface area contributed by atoms with E-state index < -0.39 is 10.0 Å². The van der Waals surface area contributed by atoms with Crippen molar-refractivity contribution in [2.45, 2.75) is 39.0 Å². The molecular weight excluding hydrogens is 240 g/mol. The van der Waals surface area contributed by atoms with Crippen LogP contribution in [0.2, 0.25) is 0 Å². The number of ether oxygens (including phenoxy) is 1. The van der Waals surface area contributed by atoms with Crippen molar-refractivity contribution in [3.05, 3.63) is 0 Å². The Morgan fingerprint density at radius 3 is 2.65 bits per heavy atom. The smallest absolute Gasteiger partial charge is 0.213 e. The summed E-state index contributed by atoms with van der Waals surface area (Å²) in [6.45, 7) is 8.71. The van der Waals surface area contributed by atoms with Crippen LogP contribution in [0.25, 0.3) is 0 Å². The van der Waals surface area contributed by atoms with Gasteiger partial charge in [-0.15, -0.1) is 0 Å². The minimum absolute atomic E-state index is 0.0486. The second-order valence-corrected chi connectivity index (χ2v) is 7.28. The van der Waals surface area contributed by atoms with Crippen molar-refractivity contribution in [2.75, 3.05) is 32.0 Å². The van der Waals surface area contributed by atoms with Gasteiger partial charge in [-0.05, 0) is 20.8 Å². The molecule has 2 heterocycles. The molecule has 2 atom stereocenters. The maximum absolute atomic E-state index is 11.9. The van der Waals surface area contributed by atoms with Crippen LogP contribution >= 0.6 is 0 Å². The first-order valence-electron chi connectivity index (χ1n) is 6.31. The molecule has 2 aliphatic rings. The Morgan fingerprint density at radius 1 is 1.35 bits per heavy atom. The Balaban J connectivity index is 2.13. The molecular formula is C11H22N2O3S. The maximum atomic E-state index is 11.9. The van der Waals surface area contributed by atoms with E-state index in [2.05, 4.69) is 18.7 Å². The summed E-state index contributed by atoms with van der Waals surface area (Å²) in [6, 6.07) is 0.667. The van der Waals surface area contributed by atoms with Crippen LogP contribution in [0, 0.1) is 0 Å². The molecule has 0 aromatic heterocycles. The minimum atomic E-state index is -3.08. The molecule has 2 aliphatic heterocycles. The van der Waals surface area contributed by atoms with Crippen molar-refractivity contribution in [1.29, 1.82) is 0 Å². The molecule has 2 fully saturated rings. The van der Waals surface area contributed by atoms with Gasteiger partial charge in [0.2, 0.25) is 10.0 Å². The fourth-order valence-corrected chi connectivity index (χ4v) is 3.85. The quantitative estimate of drug-likeness (QED) is 0.725. The Morgan fingerprint density at radius 2 is 2.06 bits per heavy atom. The monoisotopic (exact) mass is 262 g/mol. The average Bonchev–Trinajstić information content (AvgIpc) is 2.72. The highest BCUT2D eigenvalue weighted by atomic mass is 32.2. The Bertz CT molecular complexity index is 369. The van der Waals surface area contributed by atoms with Gasteiger partial charge in [0.15, 0.2) is 0 Å². The van der Waals surface area contributed by atoms with E-state index in [9.17, 15) is 8.42 Å². The average molecular weight is 262 g/mol. The lowest BCUT2D eigenvalue weighted by molar-refractivity contribution is -0.0582. The van der Waals surface area contributed by atoms with E-state index in [4.69, 9.17) is 4.74 Å². The summed E-state index contributed by atoms with van der Waals surface area (Å²) in [4.78, 5) is 2.36. The molecule has 0 aromatic rings. The fourth-order valence-electron chi connectivity index (χ4n) is 2.73. The largest absolute Gasteiger partial charge is 0.374 e. The second-order valence-electron chi connectivity index (χ2n) is 5.03. The molecule has 17 heavy (non-hydrogen) atoms. The second kappa shape index (κ2) is 4.84. The van der Waals surface area contributed by atoms with E-state index in [1.807, 2.05) is 0 Å². The van der Waals surface area contributed by atoms with Gasteiger partial charge in [-0.3, -0.25) is 4.90 Å². The Labute approximate surface area is 104 Å². The molecule has 2 saturated heterocycles. The highest BCUT2D eigenvalue weighted by Crippen LogP contribution is 2.26. The standard InChI is InChI=1S/C11H22N2O3S/c1-4-17(14,15)12-7-10-11(8-12)16-6-5-13(10)9(2)3/h9-11H,4-8H2,1-3H3/t10-,11+/m1/s1. The highest BCUT2D eigenvalue weighted by molar-refractivity contribution is 7.89. The van der Waals surface area contributed by atoms with Crippen molar-refractivity contribution in [3.8, 4) is 0 Å². The number of hydrogen-bond acceptors (Lipinski definition) is 4. The van der Waals surface area contributed by atoms with Crippen LogP contribution < -0.4 is 0 Å². The zero-order chi connectivity index (χ0) is 12.6. The number of morpholine rings is 1. The van der Waals surface area contributed by atoms with Crippen LogP contribution in [0.5, 0.6) is 0 Å².